The van der Waals surface area contributed by atoms with Gasteiger partial charge in [0.1, 0.15) is 5.82 Å². The van der Waals surface area contributed by atoms with E-state index in [0.717, 1.165) is 43.4 Å². The Morgan fingerprint density at radius 1 is 0.844 bits per heavy atom. The molecule has 0 atom stereocenters. The van der Waals surface area contributed by atoms with Gasteiger partial charge in [-0.15, -0.1) is 10.2 Å². The van der Waals surface area contributed by atoms with Gasteiger partial charge in [-0.25, -0.2) is 0 Å². The first-order chi connectivity index (χ1) is 15.8. The van der Waals surface area contributed by atoms with Crippen LogP contribution >= 0.6 is 0 Å². The molecule has 166 valence electrons. The van der Waals surface area contributed by atoms with Gasteiger partial charge in [-0.1, -0.05) is 54.6 Å². The van der Waals surface area contributed by atoms with Crippen LogP contribution in [-0.2, 0) is 19.4 Å². The zero-order valence-corrected chi connectivity index (χ0v) is 19.0. The van der Waals surface area contributed by atoms with E-state index < -0.39 is 0 Å². The summed E-state index contributed by atoms with van der Waals surface area (Å²) in [5, 5.41) is 12.8. The van der Waals surface area contributed by atoms with Gasteiger partial charge in [0, 0.05) is 18.7 Å². The van der Waals surface area contributed by atoms with Crippen molar-refractivity contribution in [3.8, 4) is 11.3 Å². The maximum atomic E-state index is 4.66. The van der Waals surface area contributed by atoms with E-state index >= 15 is 0 Å². The fraction of sp³-hybridized carbons (Fsp3) is 0.429. The fourth-order valence-electron chi connectivity index (χ4n) is 5.21. The van der Waals surface area contributed by atoms with Gasteiger partial charge in [-0.2, -0.15) is 0 Å². The van der Waals surface area contributed by atoms with Crippen LogP contribution < -0.4 is 5.32 Å². The number of nitrogens with one attached hydrogen (secondary N) is 1. The van der Waals surface area contributed by atoms with Crippen LogP contribution in [0, 0.1) is 5.92 Å². The summed E-state index contributed by atoms with van der Waals surface area (Å²) in [5.74, 6) is 1.74. The molecule has 4 nitrogen and oxygen atoms in total. The lowest BCUT2D eigenvalue weighted by Gasteiger charge is -2.32. The lowest BCUT2D eigenvalue weighted by Crippen LogP contribution is -2.33. The summed E-state index contributed by atoms with van der Waals surface area (Å²) >= 11 is 0. The summed E-state index contributed by atoms with van der Waals surface area (Å²) in [7, 11) is 0. The molecule has 5 rings (SSSR count). The molecule has 0 bridgehead atoms. The van der Waals surface area contributed by atoms with Crippen molar-refractivity contribution in [2.24, 2.45) is 5.92 Å². The van der Waals surface area contributed by atoms with Gasteiger partial charge in [0.15, 0.2) is 0 Å². The number of rotatable bonds is 6. The molecule has 0 radical (unpaired) electrons. The summed E-state index contributed by atoms with van der Waals surface area (Å²) < 4.78 is 0. The molecule has 4 heteroatoms. The molecule has 1 fully saturated rings. The topological polar surface area (TPSA) is 41.0 Å². The Morgan fingerprint density at radius 2 is 1.59 bits per heavy atom. The van der Waals surface area contributed by atoms with Gasteiger partial charge in [0.05, 0.1) is 5.69 Å². The first-order valence-corrected chi connectivity index (χ1v) is 12.3. The third kappa shape index (κ3) is 5.18. The quantitative estimate of drug-likeness (QED) is 0.546. The average Bonchev–Trinajstić information content (AvgIpc) is 2.83. The number of piperidine rings is 1. The van der Waals surface area contributed by atoms with Crippen molar-refractivity contribution >= 4 is 5.82 Å². The van der Waals surface area contributed by atoms with E-state index in [-0.39, 0.29) is 0 Å². The van der Waals surface area contributed by atoms with Crippen molar-refractivity contribution < 1.29 is 0 Å². The molecule has 2 aromatic carbocycles. The molecule has 0 amide bonds. The van der Waals surface area contributed by atoms with Gasteiger partial charge < -0.3 is 5.32 Å². The average molecular weight is 427 g/mol. The van der Waals surface area contributed by atoms with Crippen molar-refractivity contribution in [3.63, 3.8) is 0 Å². The molecular formula is C28H34N4. The lowest BCUT2D eigenvalue weighted by atomic mass is 9.91. The molecule has 32 heavy (non-hydrogen) atoms. The smallest absolute Gasteiger partial charge is 0.148 e. The van der Waals surface area contributed by atoms with Crippen molar-refractivity contribution in [2.75, 3.05) is 25.0 Å². The molecule has 1 saturated heterocycles. The molecule has 2 heterocycles. The normalized spacial score (nSPS) is 17.1. The van der Waals surface area contributed by atoms with Gasteiger partial charge in [0.2, 0.25) is 0 Å². The van der Waals surface area contributed by atoms with E-state index in [4.69, 9.17) is 0 Å². The van der Waals surface area contributed by atoms with Crippen molar-refractivity contribution in [3.05, 3.63) is 77.4 Å². The number of hydrogen-bond donors (Lipinski definition) is 1. The highest BCUT2D eigenvalue weighted by atomic mass is 15.2. The molecule has 1 aliphatic carbocycles. The highest BCUT2D eigenvalue weighted by molar-refractivity contribution is 5.68. The minimum atomic E-state index is 0.804. The van der Waals surface area contributed by atoms with Crippen molar-refractivity contribution in [1.82, 2.24) is 15.1 Å². The van der Waals surface area contributed by atoms with Crippen molar-refractivity contribution in [2.45, 2.75) is 51.5 Å². The highest BCUT2D eigenvalue weighted by Crippen LogP contribution is 2.30. The fourth-order valence-corrected chi connectivity index (χ4v) is 5.21. The summed E-state index contributed by atoms with van der Waals surface area (Å²) in [6.07, 6.45) is 8.48. The number of hydrogen-bond acceptors (Lipinski definition) is 4. The minimum absolute atomic E-state index is 0.804. The monoisotopic (exact) mass is 426 g/mol. The second kappa shape index (κ2) is 10.3. The van der Waals surface area contributed by atoms with Gasteiger partial charge in [-0.05, 0) is 86.7 Å². The van der Waals surface area contributed by atoms with Crippen LogP contribution in [0.5, 0.6) is 0 Å². The maximum Gasteiger partial charge on any atom is 0.148 e. The zero-order valence-electron chi connectivity index (χ0n) is 19.0. The van der Waals surface area contributed by atoms with E-state index in [1.54, 1.807) is 0 Å². The predicted octanol–water partition coefficient (Wildman–Crippen LogP) is 5.74. The number of aromatic nitrogens is 2. The molecule has 2 aliphatic rings. The maximum absolute atomic E-state index is 4.66. The first kappa shape index (κ1) is 21.1. The largest absolute Gasteiger partial charge is 0.369 e. The standard InChI is InChI=1S/C28H34N4/c1-2-8-23(9-3-1)21-32-18-15-22(16-19-32)14-17-29-27-20-25-12-5-4-10-24-11-6-7-13-26(24)28(25)31-30-27/h1-3,6-9,11,13,20,22H,4-5,10,12,14-19,21H2,(H,29,30). The van der Waals surface area contributed by atoms with E-state index in [1.807, 2.05) is 0 Å². The number of likely N-dealkylation sites (tertiary alicyclic amines) is 1. The summed E-state index contributed by atoms with van der Waals surface area (Å²) in [5.41, 5.74) is 6.51. The second-order valence-corrected chi connectivity index (χ2v) is 9.39. The van der Waals surface area contributed by atoms with Crippen LogP contribution in [0.15, 0.2) is 60.7 Å². The van der Waals surface area contributed by atoms with Crippen molar-refractivity contribution in [1.29, 1.82) is 0 Å². The lowest BCUT2D eigenvalue weighted by molar-refractivity contribution is 0.174. The predicted molar refractivity (Wildman–Crippen MR) is 132 cm³/mol. The second-order valence-electron chi connectivity index (χ2n) is 9.39. The van der Waals surface area contributed by atoms with E-state index in [0.29, 0.717) is 0 Å². The van der Waals surface area contributed by atoms with Crippen LogP contribution in [0.1, 0.15) is 48.8 Å². The molecule has 1 aliphatic heterocycles. The molecular weight excluding hydrogens is 392 g/mol. The number of fused-ring (bicyclic) bond motifs is 3. The Labute approximate surface area is 192 Å². The Balaban J connectivity index is 1.13. The molecule has 1 N–H and O–H groups in total. The SMILES string of the molecule is c1ccc(CN2CCC(CCNc3cc4c(nn3)-c3ccccc3CCCC4)CC2)cc1. The van der Waals surface area contributed by atoms with E-state index in [1.165, 1.54) is 67.4 Å². The summed E-state index contributed by atoms with van der Waals surface area (Å²) in [6, 6.07) is 21.8. The number of aryl methyl sites for hydroxylation is 2. The molecule has 0 spiro atoms. The molecule has 3 aromatic rings. The Hall–Kier alpha value is -2.72. The summed E-state index contributed by atoms with van der Waals surface area (Å²) in [4.78, 5) is 2.59. The third-order valence-electron chi connectivity index (χ3n) is 7.10. The van der Waals surface area contributed by atoms with Gasteiger partial charge in [0.25, 0.3) is 0 Å². The highest BCUT2D eigenvalue weighted by Gasteiger charge is 2.19. The Morgan fingerprint density at radius 3 is 2.44 bits per heavy atom. The number of nitrogens with zero attached hydrogens (tertiary/aromatic N) is 3. The number of benzene rings is 2. The molecule has 1 aromatic heterocycles. The van der Waals surface area contributed by atoms with E-state index in [2.05, 4.69) is 81.1 Å². The zero-order chi connectivity index (χ0) is 21.6. The van der Waals surface area contributed by atoms with Crippen LogP contribution in [0.4, 0.5) is 5.82 Å². The number of anilines is 1. The van der Waals surface area contributed by atoms with E-state index in [9.17, 15) is 0 Å². The third-order valence-corrected chi connectivity index (χ3v) is 7.10. The van der Waals surface area contributed by atoms with Crippen LogP contribution in [0.25, 0.3) is 11.3 Å². The Bertz CT molecular complexity index is 1010. The van der Waals surface area contributed by atoms with Gasteiger partial charge >= 0.3 is 0 Å². The Kier molecular flexibility index (Phi) is 6.78. The van der Waals surface area contributed by atoms with Crippen LogP contribution in [0.3, 0.4) is 0 Å². The van der Waals surface area contributed by atoms with Crippen LogP contribution in [0.2, 0.25) is 0 Å². The first-order valence-electron chi connectivity index (χ1n) is 12.3. The van der Waals surface area contributed by atoms with Crippen LogP contribution in [-0.4, -0.2) is 34.7 Å². The summed E-state index contributed by atoms with van der Waals surface area (Å²) in [6.45, 7) is 4.47. The molecule has 0 saturated carbocycles. The molecule has 0 unspecified atom stereocenters. The van der Waals surface area contributed by atoms with Gasteiger partial charge in [-0.3, -0.25) is 4.90 Å². The minimum Gasteiger partial charge on any atom is -0.369 e.